The number of furan rings is 1. The van der Waals surface area contributed by atoms with Crippen molar-refractivity contribution in [3.8, 4) is 0 Å². The van der Waals surface area contributed by atoms with Gasteiger partial charge < -0.3 is 14.4 Å². The zero-order chi connectivity index (χ0) is 15.8. The van der Waals surface area contributed by atoms with Crippen LogP contribution in [0, 0.1) is 0 Å². The van der Waals surface area contributed by atoms with Crippen molar-refractivity contribution in [1.29, 1.82) is 0 Å². The summed E-state index contributed by atoms with van der Waals surface area (Å²) in [6.45, 7) is 0.937. The Labute approximate surface area is 140 Å². The van der Waals surface area contributed by atoms with Crippen molar-refractivity contribution in [3.63, 3.8) is 0 Å². The van der Waals surface area contributed by atoms with Gasteiger partial charge in [0.2, 0.25) is 0 Å². The topological polar surface area (TPSA) is 62.4 Å². The van der Waals surface area contributed by atoms with Gasteiger partial charge in [0.15, 0.2) is 0 Å². The van der Waals surface area contributed by atoms with Crippen LogP contribution in [0.5, 0.6) is 0 Å². The minimum Gasteiger partial charge on any atom is -0.467 e. The molecule has 3 heterocycles. The first-order chi connectivity index (χ1) is 11.2. The molecule has 1 N–H and O–H groups in total. The van der Waals surface area contributed by atoms with Crippen LogP contribution >= 0.6 is 11.6 Å². The Morgan fingerprint density at radius 3 is 2.96 bits per heavy atom. The SMILES string of the molecule is OC(CC1CCCN1c1cc(Cl)nc(C2CC2)n1)c1ccco1. The summed E-state index contributed by atoms with van der Waals surface area (Å²) in [4.78, 5) is 11.3. The van der Waals surface area contributed by atoms with Crippen LogP contribution in [-0.4, -0.2) is 27.7 Å². The van der Waals surface area contributed by atoms with Crippen LogP contribution in [0.3, 0.4) is 0 Å². The van der Waals surface area contributed by atoms with Gasteiger partial charge in [-0.05, 0) is 37.8 Å². The van der Waals surface area contributed by atoms with E-state index in [0.717, 1.165) is 43.9 Å². The first-order valence-corrected chi connectivity index (χ1v) is 8.61. The highest BCUT2D eigenvalue weighted by Gasteiger charge is 2.32. The van der Waals surface area contributed by atoms with E-state index in [1.807, 2.05) is 12.1 Å². The van der Waals surface area contributed by atoms with Gasteiger partial charge in [0.1, 0.15) is 28.7 Å². The molecule has 1 aliphatic heterocycles. The highest BCUT2D eigenvalue weighted by Crippen LogP contribution is 2.40. The summed E-state index contributed by atoms with van der Waals surface area (Å²) in [5.41, 5.74) is 0. The van der Waals surface area contributed by atoms with Gasteiger partial charge in [-0.15, -0.1) is 0 Å². The fraction of sp³-hybridized carbons (Fsp3) is 0.529. The van der Waals surface area contributed by atoms with Gasteiger partial charge in [-0.3, -0.25) is 0 Å². The Morgan fingerprint density at radius 1 is 1.35 bits per heavy atom. The molecule has 23 heavy (non-hydrogen) atoms. The van der Waals surface area contributed by atoms with Gasteiger partial charge in [0.25, 0.3) is 0 Å². The molecule has 1 aliphatic carbocycles. The number of hydrogen-bond donors (Lipinski definition) is 1. The number of halogens is 1. The van der Waals surface area contributed by atoms with Crippen LogP contribution in [0.4, 0.5) is 5.82 Å². The number of hydrogen-bond acceptors (Lipinski definition) is 5. The van der Waals surface area contributed by atoms with Crippen LogP contribution in [-0.2, 0) is 0 Å². The predicted octanol–water partition coefficient (Wildman–Crippen LogP) is 3.69. The monoisotopic (exact) mass is 333 g/mol. The van der Waals surface area contributed by atoms with Crippen molar-refractivity contribution in [3.05, 3.63) is 41.2 Å². The standard InChI is InChI=1S/C17H20ClN3O2/c18-15-10-16(20-17(19-15)11-5-6-11)21-7-1-3-12(21)9-13(22)14-4-2-8-23-14/h2,4,8,10-13,22H,1,3,5-7,9H2. The second-order valence-corrected chi connectivity index (χ2v) is 6.82. The number of anilines is 1. The second-order valence-electron chi connectivity index (χ2n) is 6.44. The lowest BCUT2D eigenvalue weighted by molar-refractivity contribution is 0.132. The molecule has 2 aromatic rings. The summed E-state index contributed by atoms with van der Waals surface area (Å²) in [5.74, 6) is 2.85. The summed E-state index contributed by atoms with van der Waals surface area (Å²) < 4.78 is 5.31. The van der Waals surface area contributed by atoms with Crippen molar-refractivity contribution in [2.45, 2.75) is 50.2 Å². The first kappa shape index (κ1) is 15.0. The predicted molar refractivity (Wildman–Crippen MR) is 87.7 cm³/mol. The Hall–Kier alpha value is -1.59. The van der Waals surface area contributed by atoms with E-state index in [2.05, 4.69) is 9.88 Å². The molecule has 1 saturated heterocycles. The van der Waals surface area contributed by atoms with Crippen molar-refractivity contribution < 1.29 is 9.52 Å². The largest absolute Gasteiger partial charge is 0.467 e. The van der Waals surface area contributed by atoms with E-state index in [1.165, 1.54) is 0 Å². The average Bonchev–Trinajstić information content (AvgIpc) is 3.05. The molecule has 6 heteroatoms. The van der Waals surface area contributed by atoms with Gasteiger partial charge in [-0.1, -0.05) is 11.6 Å². The van der Waals surface area contributed by atoms with Gasteiger partial charge in [0, 0.05) is 31.0 Å². The van der Waals surface area contributed by atoms with E-state index in [9.17, 15) is 5.11 Å². The van der Waals surface area contributed by atoms with Crippen molar-refractivity contribution in [1.82, 2.24) is 9.97 Å². The van der Waals surface area contributed by atoms with Crippen LogP contribution < -0.4 is 4.90 Å². The van der Waals surface area contributed by atoms with E-state index in [1.54, 1.807) is 12.3 Å². The molecule has 0 spiro atoms. The Morgan fingerprint density at radius 2 is 2.22 bits per heavy atom. The van der Waals surface area contributed by atoms with Crippen LogP contribution in [0.15, 0.2) is 28.9 Å². The minimum absolute atomic E-state index is 0.244. The van der Waals surface area contributed by atoms with Gasteiger partial charge in [-0.2, -0.15) is 0 Å². The van der Waals surface area contributed by atoms with Gasteiger partial charge in [-0.25, -0.2) is 9.97 Å². The van der Waals surface area contributed by atoms with Gasteiger partial charge in [0.05, 0.1) is 6.26 Å². The van der Waals surface area contributed by atoms with Gasteiger partial charge >= 0.3 is 0 Å². The molecule has 1 saturated carbocycles. The lowest BCUT2D eigenvalue weighted by Gasteiger charge is -2.27. The first-order valence-electron chi connectivity index (χ1n) is 8.23. The summed E-state index contributed by atoms with van der Waals surface area (Å²) in [7, 11) is 0. The molecule has 0 aromatic carbocycles. The lowest BCUT2D eigenvalue weighted by atomic mass is 10.1. The number of aromatic nitrogens is 2. The minimum atomic E-state index is -0.587. The van der Waals surface area contributed by atoms with E-state index < -0.39 is 6.10 Å². The molecule has 2 unspecified atom stereocenters. The smallest absolute Gasteiger partial charge is 0.135 e. The number of rotatable bonds is 5. The lowest BCUT2D eigenvalue weighted by Crippen LogP contribution is -2.31. The Bertz CT molecular complexity index is 672. The molecule has 0 bridgehead atoms. The molecule has 0 radical (unpaired) electrons. The zero-order valence-corrected chi connectivity index (χ0v) is 13.6. The highest BCUT2D eigenvalue weighted by molar-refractivity contribution is 6.29. The number of aliphatic hydroxyl groups is 1. The van der Waals surface area contributed by atoms with Crippen LogP contribution in [0.2, 0.25) is 5.15 Å². The maximum Gasteiger partial charge on any atom is 0.135 e. The van der Waals surface area contributed by atoms with E-state index >= 15 is 0 Å². The van der Waals surface area contributed by atoms with E-state index in [4.69, 9.17) is 21.0 Å². The zero-order valence-electron chi connectivity index (χ0n) is 12.9. The molecule has 2 fully saturated rings. The van der Waals surface area contributed by atoms with E-state index in [0.29, 0.717) is 23.3 Å². The Kier molecular flexibility index (Phi) is 3.99. The molecule has 5 nitrogen and oxygen atoms in total. The molecule has 2 aliphatic rings. The Balaban J connectivity index is 1.53. The molecular formula is C17H20ClN3O2. The third-order valence-electron chi connectivity index (χ3n) is 4.68. The van der Waals surface area contributed by atoms with Crippen LogP contribution in [0.1, 0.15) is 55.7 Å². The fourth-order valence-electron chi connectivity index (χ4n) is 3.33. The average molecular weight is 334 g/mol. The maximum absolute atomic E-state index is 10.4. The highest BCUT2D eigenvalue weighted by atomic mass is 35.5. The van der Waals surface area contributed by atoms with E-state index in [-0.39, 0.29) is 6.04 Å². The van der Waals surface area contributed by atoms with Crippen molar-refractivity contribution in [2.75, 3.05) is 11.4 Å². The normalized spacial score (nSPS) is 22.5. The van der Waals surface area contributed by atoms with Crippen molar-refractivity contribution >= 4 is 17.4 Å². The second kappa shape index (κ2) is 6.13. The maximum atomic E-state index is 10.4. The number of aliphatic hydroxyl groups excluding tert-OH is 1. The molecular weight excluding hydrogens is 314 g/mol. The summed E-state index contributed by atoms with van der Waals surface area (Å²) in [5, 5.41) is 10.9. The summed E-state index contributed by atoms with van der Waals surface area (Å²) in [6.07, 6.45) is 6.08. The van der Waals surface area contributed by atoms with Crippen molar-refractivity contribution in [2.24, 2.45) is 0 Å². The molecule has 2 aromatic heterocycles. The summed E-state index contributed by atoms with van der Waals surface area (Å²) in [6, 6.07) is 5.70. The third-order valence-corrected chi connectivity index (χ3v) is 4.87. The quantitative estimate of drug-likeness (QED) is 0.845. The summed E-state index contributed by atoms with van der Waals surface area (Å²) >= 11 is 6.19. The third kappa shape index (κ3) is 3.21. The molecule has 0 amide bonds. The molecule has 4 rings (SSSR count). The molecule has 2 atom stereocenters. The fourth-order valence-corrected chi connectivity index (χ4v) is 3.52. The molecule has 122 valence electrons. The van der Waals surface area contributed by atoms with Crippen LogP contribution in [0.25, 0.3) is 0 Å². The number of nitrogens with zero attached hydrogens (tertiary/aromatic N) is 3.